The number of phenolic OH excluding ortho intramolecular Hbond substituents is 2. The molecule has 0 saturated heterocycles. The lowest BCUT2D eigenvalue weighted by Gasteiger charge is -2.22. The molecule has 1 aromatic rings. The molecule has 100 valence electrons. The van der Waals surface area contributed by atoms with Gasteiger partial charge in [-0.3, -0.25) is 9.69 Å². The lowest BCUT2D eigenvalue weighted by molar-refractivity contribution is -0.141. The molecular formula is C13H19NO4. The summed E-state index contributed by atoms with van der Waals surface area (Å²) in [5.74, 6) is -1.25. The van der Waals surface area contributed by atoms with E-state index in [1.54, 1.807) is 13.0 Å². The van der Waals surface area contributed by atoms with Gasteiger partial charge in [-0.1, -0.05) is 19.9 Å². The van der Waals surface area contributed by atoms with Crippen molar-refractivity contribution in [3.8, 4) is 11.5 Å². The van der Waals surface area contributed by atoms with E-state index in [0.717, 1.165) is 0 Å². The van der Waals surface area contributed by atoms with Gasteiger partial charge in [0.15, 0.2) is 0 Å². The molecule has 0 spiro atoms. The predicted octanol–water partition coefficient (Wildman–Crippen LogP) is 1.64. The number of carboxylic acid groups (broad SMARTS) is 1. The van der Waals surface area contributed by atoms with Crippen LogP contribution in [0.1, 0.15) is 19.4 Å². The molecule has 0 fully saturated rings. The van der Waals surface area contributed by atoms with Crippen molar-refractivity contribution in [3.05, 3.63) is 23.8 Å². The molecule has 0 aliphatic carbocycles. The highest BCUT2D eigenvalue weighted by Crippen LogP contribution is 2.24. The number of hydrogen-bond acceptors (Lipinski definition) is 4. The second-order valence-corrected chi connectivity index (χ2v) is 4.38. The topological polar surface area (TPSA) is 81.0 Å². The number of benzene rings is 1. The van der Waals surface area contributed by atoms with Crippen molar-refractivity contribution in [1.82, 2.24) is 4.90 Å². The van der Waals surface area contributed by atoms with Crippen LogP contribution in [0.5, 0.6) is 11.5 Å². The van der Waals surface area contributed by atoms with Crippen LogP contribution >= 0.6 is 0 Å². The molecule has 1 atom stereocenters. The van der Waals surface area contributed by atoms with Crippen LogP contribution in [0.3, 0.4) is 0 Å². The summed E-state index contributed by atoms with van der Waals surface area (Å²) >= 11 is 0. The van der Waals surface area contributed by atoms with E-state index < -0.39 is 11.9 Å². The van der Waals surface area contributed by atoms with Gasteiger partial charge >= 0.3 is 5.97 Å². The molecule has 5 heteroatoms. The average molecular weight is 253 g/mol. The molecule has 1 rings (SSSR count). The zero-order valence-corrected chi connectivity index (χ0v) is 10.6. The number of phenols is 2. The molecule has 0 aliphatic rings. The molecule has 3 N–H and O–H groups in total. The maximum absolute atomic E-state index is 10.8. The summed E-state index contributed by atoms with van der Waals surface area (Å²) < 4.78 is 0. The monoisotopic (exact) mass is 253 g/mol. The second-order valence-electron chi connectivity index (χ2n) is 4.38. The van der Waals surface area contributed by atoms with E-state index in [9.17, 15) is 15.0 Å². The van der Waals surface area contributed by atoms with Crippen molar-refractivity contribution in [2.24, 2.45) is 5.92 Å². The third kappa shape index (κ3) is 3.92. The zero-order valence-electron chi connectivity index (χ0n) is 10.6. The predicted molar refractivity (Wildman–Crippen MR) is 67.5 cm³/mol. The Balaban J connectivity index is 2.70. The van der Waals surface area contributed by atoms with E-state index >= 15 is 0 Å². The van der Waals surface area contributed by atoms with Gasteiger partial charge in [0.25, 0.3) is 0 Å². The highest BCUT2D eigenvalue weighted by atomic mass is 16.4. The molecule has 18 heavy (non-hydrogen) atoms. The van der Waals surface area contributed by atoms with E-state index in [2.05, 4.69) is 0 Å². The first-order valence-corrected chi connectivity index (χ1v) is 5.90. The van der Waals surface area contributed by atoms with Crippen molar-refractivity contribution in [3.63, 3.8) is 0 Å². The summed E-state index contributed by atoms with van der Waals surface area (Å²) in [6.45, 7) is 5.16. The fourth-order valence-electron chi connectivity index (χ4n) is 1.70. The van der Waals surface area contributed by atoms with Crippen LogP contribution in [-0.4, -0.2) is 39.3 Å². The summed E-state index contributed by atoms with van der Waals surface area (Å²) in [7, 11) is 0. The number of nitrogens with zero attached hydrogens (tertiary/aromatic N) is 1. The van der Waals surface area contributed by atoms with Crippen LogP contribution in [-0.2, 0) is 11.3 Å². The van der Waals surface area contributed by atoms with Gasteiger partial charge in [0.05, 0.1) is 5.92 Å². The summed E-state index contributed by atoms with van der Waals surface area (Å²) in [4.78, 5) is 12.7. The first-order chi connectivity index (χ1) is 8.43. The number of aliphatic carboxylic acids is 1. The van der Waals surface area contributed by atoms with Crippen molar-refractivity contribution in [2.75, 3.05) is 13.1 Å². The van der Waals surface area contributed by atoms with Crippen LogP contribution in [0.4, 0.5) is 0 Å². The minimum absolute atomic E-state index is 0.0122. The fraction of sp³-hybridized carbons (Fsp3) is 0.462. The highest BCUT2D eigenvalue weighted by Gasteiger charge is 2.16. The largest absolute Gasteiger partial charge is 0.508 e. The van der Waals surface area contributed by atoms with Crippen LogP contribution < -0.4 is 0 Å². The molecule has 1 unspecified atom stereocenters. The fourth-order valence-corrected chi connectivity index (χ4v) is 1.70. The van der Waals surface area contributed by atoms with E-state index in [1.165, 1.54) is 12.1 Å². The standard InChI is InChI=1S/C13H19NO4/c1-3-14(7-9(2)13(17)18)8-10-4-5-11(15)6-12(10)16/h4-6,9,15-16H,3,7-8H2,1-2H3,(H,17,18). The van der Waals surface area contributed by atoms with Crippen LogP contribution in [0.2, 0.25) is 0 Å². The lowest BCUT2D eigenvalue weighted by Crippen LogP contribution is -2.31. The van der Waals surface area contributed by atoms with Gasteiger partial charge in [-0.2, -0.15) is 0 Å². The highest BCUT2D eigenvalue weighted by molar-refractivity contribution is 5.69. The van der Waals surface area contributed by atoms with Gasteiger partial charge in [0, 0.05) is 24.7 Å². The molecule has 0 heterocycles. The van der Waals surface area contributed by atoms with Crippen molar-refractivity contribution in [1.29, 1.82) is 0 Å². The maximum atomic E-state index is 10.8. The average Bonchev–Trinajstić information content (AvgIpc) is 2.31. The summed E-state index contributed by atoms with van der Waals surface area (Å²) in [5, 5.41) is 27.7. The first kappa shape index (κ1) is 14.3. The van der Waals surface area contributed by atoms with Gasteiger partial charge in [0.2, 0.25) is 0 Å². The zero-order chi connectivity index (χ0) is 13.7. The Kier molecular flexibility index (Phi) is 4.97. The Morgan fingerprint density at radius 1 is 1.39 bits per heavy atom. The van der Waals surface area contributed by atoms with Gasteiger partial charge in [-0.05, 0) is 12.6 Å². The number of hydrogen-bond donors (Lipinski definition) is 3. The van der Waals surface area contributed by atoms with E-state index in [4.69, 9.17) is 5.11 Å². The van der Waals surface area contributed by atoms with Crippen LogP contribution in [0, 0.1) is 5.92 Å². The van der Waals surface area contributed by atoms with Gasteiger partial charge in [-0.15, -0.1) is 0 Å². The van der Waals surface area contributed by atoms with Crippen LogP contribution in [0.25, 0.3) is 0 Å². The molecule has 0 aliphatic heterocycles. The third-order valence-electron chi connectivity index (χ3n) is 2.86. The van der Waals surface area contributed by atoms with Gasteiger partial charge < -0.3 is 15.3 Å². The molecule has 0 aromatic heterocycles. The number of carboxylic acids is 1. The first-order valence-electron chi connectivity index (χ1n) is 5.90. The Morgan fingerprint density at radius 3 is 2.56 bits per heavy atom. The summed E-state index contributed by atoms with van der Waals surface area (Å²) in [6.07, 6.45) is 0. The Bertz CT molecular complexity index is 419. The quantitative estimate of drug-likeness (QED) is 0.718. The lowest BCUT2D eigenvalue weighted by atomic mass is 10.1. The third-order valence-corrected chi connectivity index (χ3v) is 2.86. The molecular weight excluding hydrogens is 234 g/mol. The van der Waals surface area contributed by atoms with E-state index in [1.807, 2.05) is 11.8 Å². The minimum Gasteiger partial charge on any atom is -0.508 e. The SMILES string of the molecule is CCN(Cc1ccc(O)cc1O)CC(C)C(=O)O. The van der Waals surface area contributed by atoms with Gasteiger partial charge in [-0.25, -0.2) is 0 Å². The normalized spacial score (nSPS) is 12.6. The van der Waals surface area contributed by atoms with Crippen molar-refractivity contribution in [2.45, 2.75) is 20.4 Å². The summed E-state index contributed by atoms with van der Waals surface area (Å²) in [5.41, 5.74) is 0.673. The van der Waals surface area contributed by atoms with E-state index in [0.29, 0.717) is 25.2 Å². The Morgan fingerprint density at radius 2 is 2.06 bits per heavy atom. The molecule has 5 nitrogen and oxygen atoms in total. The smallest absolute Gasteiger partial charge is 0.307 e. The molecule has 0 amide bonds. The number of rotatable bonds is 6. The minimum atomic E-state index is -0.830. The van der Waals surface area contributed by atoms with E-state index in [-0.39, 0.29) is 11.5 Å². The van der Waals surface area contributed by atoms with Gasteiger partial charge in [0.1, 0.15) is 11.5 Å². The van der Waals surface area contributed by atoms with Crippen molar-refractivity contribution >= 4 is 5.97 Å². The summed E-state index contributed by atoms with van der Waals surface area (Å²) in [6, 6.07) is 4.42. The Hall–Kier alpha value is -1.75. The molecule has 1 aromatic carbocycles. The molecule has 0 radical (unpaired) electrons. The second kappa shape index (κ2) is 6.26. The van der Waals surface area contributed by atoms with Crippen molar-refractivity contribution < 1.29 is 20.1 Å². The maximum Gasteiger partial charge on any atom is 0.307 e. The molecule has 0 bridgehead atoms. The number of aromatic hydroxyl groups is 2. The Labute approximate surface area is 106 Å². The molecule has 0 saturated carbocycles. The number of carbonyl (C=O) groups is 1. The van der Waals surface area contributed by atoms with Crippen LogP contribution in [0.15, 0.2) is 18.2 Å².